The largest absolute Gasteiger partial charge is 0.345 e. The average Bonchev–Trinajstić information content (AvgIpc) is 2.88. The van der Waals surface area contributed by atoms with Crippen LogP contribution in [0.3, 0.4) is 0 Å². The minimum atomic E-state index is -0.137. The molecule has 1 N–H and O–H groups in total. The molecule has 3 aromatic rings. The highest BCUT2D eigenvalue weighted by molar-refractivity contribution is 6.30. The van der Waals surface area contributed by atoms with Crippen LogP contribution in [0.1, 0.15) is 60.0 Å². The smallest absolute Gasteiger partial charge is 0.252 e. The standard InChI is InChI=1S/C20H23ClN4O/c1-11(2)17-10-16(18-13(4)24-25(5)19(18)23-17)20(26)22-12(3)14-6-8-15(21)9-7-14/h6-12H,1-5H3,(H,22,26). The number of benzene rings is 1. The third-order valence-electron chi connectivity index (χ3n) is 4.54. The van der Waals surface area contributed by atoms with Gasteiger partial charge in [0.25, 0.3) is 5.91 Å². The minimum absolute atomic E-state index is 0.127. The van der Waals surface area contributed by atoms with E-state index in [1.165, 1.54) is 0 Å². The minimum Gasteiger partial charge on any atom is -0.345 e. The summed E-state index contributed by atoms with van der Waals surface area (Å²) in [6, 6.07) is 9.24. The van der Waals surface area contributed by atoms with E-state index in [1.54, 1.807) is 4.68 Å². The maximum atomic E-state index is 13.0. The molecule has 1 atom stereocenters. The van der Waals surface area contributed by atoms with E-state index in [4.69, 9.17) is 16.6 Å². The summed E-state index contributed by atoms with van der Waals surface area (Å²) in [4.78, 5) is 17.7. The van der Waals surface area contributed by atoms with Gasteiger partial charge in [-0.25, -0.2) is 4.98 Å². The van der Waals surface area contributed by atoms with Crippen molar-refractivity contribution >= 4 is 28.5 Å². The number of rotatable bonds is 4. The highest BCUT2D eigenvalue weighted by Gasteiger charge is 2.21. The van der Waals surface area contributed by atoms with Crippen molar-refractivity contribution in [2.24, 2.45) is 7.05 Å². The van der Waals surface area contributed by atoms with Gasteiger partial charge in [-0.3, -0.25) is 9.48 Å². The molecule has 1 aromatic carbocycles. The lowest BCUT2D eigenvalue weighted by Gasteiger charge is -2.16. The van der Waals surface area contributed by atoms with Crippen LogP contribution in [0, 0.1) is 6.92 Å². The predicted molar refractivity (Wildman–Crippen MR) is 105 cm³/mol. The van der Waals surface area contributed by atoms with Crippen LogP contribution >= 0.6 is 11.6 Å². The van der Waals surface area contributed by atoms with Crippen LogP contribution in [-0.2, 0) is 7.05 Å². The fraction of sp³-hybridized carbons (Fsp3) is 0.350. The van der Waals surface area contributed by atoms with Gasteiger partial charge in [-0.1, -0.05) is 37.6 Å². The Balaban J connectivity index is 2.00. The Morgan fingerprint density at radius 3 is 2.46 bits per heavy atom. The molecule has 26 heavy (non-hydrogen) atoms. The molecule has 0 radical (unpaired) electrons. The molecule has 0 spiro atoms. The van der Waals surface area contributed by atoms with Crippen molar-refractivity contribution in [2.75, 3.05) is 0 Å². The first-order chi connectivity index (χ1) is 12.3. The Kier molecular flexibility index (Phi) is 5.01. The third-order valence-corrected chi connectivity index (χ3v) is 4.79. The zero-order valence-electron chi connectivity index (χ0n) is 15.7. The summed E-state index contributed by atoms with van der Waals surface area (Å²) in [5.74, 6) is 0.0905. The number of pyridine rings is 1. The monoisotopic (exact) mass is 370 g/mol. The Labute approximate surface area is 158 Å². The second-order valence-electron chi connectivity index (χ2n) is 6.90. The summed E-state index contributed by atoms with van der Waals surface area (Å²) < 4.78 is 1.73. The van der Waals surface area contributed by atoms with E-state index < -0.39 is 0 Å². The van der Waals surface area contributed by atoms with Crippen molar-refractivity contribution in [1.82, 2.24) is 20.1 Å². The second kappa shape index (κ2) is 7.08. The van der Waals surface area contributed by atoms with Crippen LogP contribution < -0.4 is 5.32 Å². The van der Waals surface area contributed by atoms with Crippen LogP contribution in [0.2, 0.25) is 5.02 Å². The Hall–Kier alpha value is -2.40. The highest BCUT2D eigenvalue weighted by atomic mass is 35.5. The molecule has 0 aliphatic carbocycles. The normalized spacial score (nSPS) is 12.6. The summed E-state index contributed by atoms with van der Waals surface area (Å²) in [5.41, 5.74) is 4.03. The van der Waals surface area contributed by atoms with E-state index in [0.29, 0.717) is 10.6 Å². The van der Waals surface area contributed by atoms with E-state index in [0.717, 1.165) is 28.0 Å². The summed E-state index contributed by atoms with van der Waals surface area (Å²) in [7, 11) is 1.85. The average molecular weight is 371 g/mol. The number of nitrogens with zero attached hydrogens (tertiary/aromatic N) is 3. The first kappa shape index (κ1) is 18.4. The molecule has 0 fully saturated rings. The molecule has 1 unspecified atom stereocenters. The SMILES string of the molecule is Cc1nn(C)c2nc(C(C)C)cc(C(=O)NC(C)c3ccc(Cl)cc3)c12. The molecule has 0 saturated carbocycles. The van der Waals surface area contributed by atoms with Crippen LogP contribution in [0.5, 0.6) is 0 Å². The van der Waals surface area contributed by atoms with E-state index >= 15 is 0 Å². The number of hydrogen-bond acceptors (Lipinski definition) is 3. The first-order valence-corrected chi connectivity index (χ1v) is 9.06. The van der Waals surface area contributed by atoms with Gasteiger partial charge in [0.1, 0.15) is 0 Å². The van der Waals surface area contributed by atoms with E-state index in [2.05, 4.69) is 24.3 Å². The molecule has 0 aliphatic heterocycles. The molecule has 3 rings (SSSR count). The zero-order chi connectivity index (χ0) is 19.0. The van der Waals surface area contributed by atoms with Crippen molar-refractivity contribution in [1.29, 1.82) is 0 Å². The maximum absolute atomic E-state index is 13.0. The molecule has 0 aliphatic rings. The summed E-state index contributed by atoms with van der Waals surface area (Å²) in [6.07, 6.45) is 0. The Bertz CT molecular complexity index is 960. The molecule has 0 bridgehead atoms. The fourth-order valence-corrected chi connectivity index (χ4v) is 3.17. The second-order valence-corrected chi connectivity index (χ2v) is 7.34. The van der Waals surface area contributed by atoms with Crippen LogP contribution in [-0.4, -0.2) is 20.7 Å². The van der Waals surface area contributed by atoms with E-state index in [9.17, 15) is 4.79 Å². The van der Waals surface area contributed by atoms with E-state index in [-0.39, 0.29) is 17.9 Å². The lowest BCUT2D eigenvalue weighted by molar-refractivity contribution is 0.0941. The number of halogens is 1. The molecule has 1 amide bonds. The Morgan fingerprint density at radius 1 is 1.19 bits per heavy atom. The molecular formula is C20H23ClN4O. The van der Waals surface area contributed by atoms with Gasteiger partial charge >= 0.3 is 0 Å². The van der Waals surface area contributed by atoms with Gasteiger partial charge in [0, 0.05) is 17.8 Å². The lowest BCUT2D eigenvalue weighted by atomic mass is 10.0. The molecule has 136 valence electrons. The fourth-order valence-electron chi connectivity index (χ4n) is 3.05. The van der Waals surface area contributed by atoms with Gasteiger partial charge < -0.3 is 5.32 Å². The molecule has 0 saturated heterocycles. The van der Waals surface area contributed by atoms with Crippen molar-refractivity contribution < 1.29 is 4.79 Å². The van der Waals surface area contributed by atoms with Gasteiger partial charge in [0.05, 0.1) is 22.7 Å². The number of hydrogen-bond donors (Lipinski definition) is 1. The van der Waals surface area contributed by atoms with Crippen molar-refractivity contribution in [2.45, 2.75) is 39.7 Å². The van der Waals surface area contributed by atoms with Crippen LogP contribution in [0.15, 0.2) is 30.3 Å². The topological polar surface area (TPSA) is 59.8 Å². The van der Waals surface area contributed by atoms with Crippen LogP contribution in [0.25, 0.3) is 11.0 Å². The summed E-state index contributed by atoms with van der Waals surface area (Å²) in [5, 5.41) is 9.00. The molecule has 5 nitrogen and oxygen atoms in total. The third kappa shape index (κ3) is 3.44. The van der Waals surface area contributed by atoms with Gasteiger partial charge in [-0.2, -0.15) is 5.10 Å². The lowest BCUT2D eigenvalue weighted by Crippen LogP contribution is -2.27. The number of carbonyl (C=O) groups is 1. The van der Waals surface area contributed by atoms with Crippen molar-refractivity contribution in [3.63, 3.8) is 0 Å². The summed E-state index contributed by atoms with van der Waals surface area (Å²) >= 11 is 5.95. The number of amides is 1. The van der Waals surface area contributed by atoms with Gasteiger partial charge in [0.2, 0.25) is 0 Å². The Morgan fingerprint density at radius 2 is 1.85 bits per heavy atom. The maximum Gasteiger partial charge on any atom is 0.252 e. The molecular weight excluding hydrogens is 348 g/mol. The van der Waals surface area contributed by atoms with Crippen LogP contribution in [0.4, 0.5) is 0 Å². The highest BCUT2D eigenvalue weighted by Crippen LogP contribution is 2.25. The van der Waals surface area contributed by atoms with Crippen molar-refractivity contribution in [3.05, 3.63) is 57.9 Å². The van der Waals surface area contributed by atoms with E-state index in [1.807, 2.05) is 51.2 Å². The molecule has 2 heterocycles. The molecule has 6 heteroatoms. The summed E-state index contributed by atoms with van der Waals surface area (Å²) in [6.45, 7) is 7.99. The van der Waals surface area contributed by atoms with Gasteiger partial charge in [0.15, 0.2) is 5.65 Å². The number of aromatic nitrogens is 3. The van der Waals surface area contributed by atoms with Gasteiger partial charge in [-0.15, -0.1) is 0 Å². The first-order valence-electron chi connectivity index (χ1n) is 8.68. The quantitative estimate of drug-likeness (QED) is 0.733. The van der Waals surface area contributed by atoms with Crippen molar-refractivity contribution in [3.8, 4) is 0 Å². The number of nitrogens with one attached hydrogen (secondary N) is 1. The zero-order valence-corrected chi connectivity index (χ0v) is 16.4. The number of carbonyl (C=O) groups excluding carboxylic acids is 1. The number of aryl methyl sites for hydroxylation is 2. The van der Waals surface area contributed by atoms with Gasteiger partial charge in [-0.05, 0) is 43.5 Å². The molecule has 2 aromatic heterocycles. The number of fused-ring (bicyclic) bond motifs is 1. The predicted octanol–water partition coefficient (Wildman–Crippen LogP) is 4.54.